The van der Waals surface area contributed by atoms with Crippen molar-refractivity contribution in [2.24, 2.45) is 11.8 Å². The third kappa shape index (κ3) is 7.82. The fraction of sp³-hybridized carbons (Fsp3) is 0.435. The van der Waals surface area contributed by atoms with Gasteiger partial charge in [0.25, 0.3) is 0 Å². The normalized spacial score (nSPS) is 18.3. The molecule has 4 atom stereocenters. The first-order valence-corrected chi connectivity index (χ1v) is 21.1. The number of carbonyl (C=O) groups is 4. The molecule has 8 rings (SSSR count). The molecule has 0 bridgehead atoms. The molecule has 14 nitrogen and oxygen atoms in total. The highest BCUT2D eigenvalue weighted by Crippen LogP contribution is 2.40. The van der Waals surface area contributed by atoms with Crippen LogP contribution in [0.1, 0.15) is 88.2 Å². The molecule has 60 heavy (non-hydrogen) atoms. The molecule has 4 amide bonds. The Morgan fingerprint density at radius 3 is 1.77 bits per heavy atom. The lowest BCUT2D eigenvalue weighted by atomic mass is 9.83. The van der Waals surface area contributed by atoms with Gasteiger partial charge in [0.15, 0.2) is 0 Å². The molecule has 5 aromatic rings. The van der Waals surface area contributed by atoms with Gasteiger partial charge in [-0.2, -0.15) is 0 Å². The van der Waals surface area contributed by atoms with Gasteiger partial charge in [-0.05, 0) is 108 Å². The summed E-state index contributed by atoms with van der Waals surface area (Å²) in [5, 5.41) is 5.43. The number of aromatic nitrogens is 4. The number of hydrogen-bond acceptors (Lipinski definition) is 8. The minimum atomic E-state index is -0.687. The van der Waals surface area contributed by atoms with Gasteiger partial charge < -0.3 is 39.9 Å². The number of aryl methyl sites for hydroxylation is 2. The predicted molar refractivity (Wildman–Crippen MR) is 228 cm³/mol. The maximum Gasteiger partial charge on any atom is 0.407 e. The molecule has 1 aliphatic carbocycles. The van der Waals surface area contributed by atoms with Crippen LogP contribution in [0.2, 0.25) is 0 Å². The molecule has 314 valence electrons. The first kappa shape index (κ1) is 40.6. The molecule has 0 unspecified atom stereocenters. The van der Waals surface area contributed by atoms with Crippen molar-refractivity contribution in [2.45, 2.75) is 90.4 Å². The molecule has 2 fully saturated rings. The largest absolute Gasteiger partial charge is 0.453 e. The number of benzene rings is 3. The highest BCUT2D eigenvalue weighted by Gasteiger charge is 2.39. The summed E-state index contributed by atoms with van der Waals surface area (Å²) >= 11 is 0. The standard InChI is InChI=1S/C46H54N8O6/c1-25(2)39(51-45(57)59-5)43(55)53-19-7-9-37(53)41-47-24-36(50-41)31-14-17-33-30(22-31)12-11-29-21-27(13-16-32(29)33)28-15-18-34-35(23-28)49-42(48-34)38-10-8-20-54(38)44(56)40(26(3)4)52-46(58)60-6/h13-18,21-26,37-40H,7-12,19-20H2,1-6H3,(H,47,50)(H,48,49)(H,51,57)(H,52,58)/t37-,38-,39-,40-/m0/s1. The van der Waals surface area contributed by atoms with Crippen molar-refractivity contribution in [2.75, 3.05) is 27.3 Å². The second-order valence-electron chi connectivity index (χ2n) is 16.9. The number of ether oxygens (including phenoxy) is 2. The Kier molecular flexibility index (Phi) is 11.4. The third-order valence-corrected chi connectivity index (χ3v) is 12.4. The molecule has 0 spiro atoms. The number of hydrogen-bond donors (Lipinski definition) is 4. The van der Waals surface area contributed by atoms with Crippen LogP contribution in [0, 0.1) is 11.8 Å². The molecular formula is C46H54N8O6. The van der Waals surface area contributed by atoms with Gasteiger partial charge >= 0.3 is 12.2 Å². The number of fused-ring (bicyclic) bond motifs is 4. The van der Waals surface area contributed by atoms with Crippen LogP contribution >= 0.6 is 0 Å². The summed E-state index contributed by atoms with van der Waals surface area (Å²) in [6.45, 7) is 8.85. The Morgan fingerprint density at radius 2 is 1.20 bits per heavy atom. The zero-order valence-corrected chi connectivity index (χ0v) is 35.1. The van der Waals surface area contributed by atoms with Gasteiger partial charge in [-0.1, -0.05) is 64.1 Å². The highest BCUT2D eigenvalue weighted by molar-refractivity contribution is 5.88. The van der Waals surface area contributed by atoms with E-state index in [1.807, 2.05) is 49.8 Å². The minimum Gasteiger partial charge on any atom is -0.453 e. The molecule has 3 aliphatic rings. The summed E-state index contributed by atoms with van der Waals surface area (Å²) in [5.74, 6) is 1.04. The van der Waals surface area contributed by atoms with Crippen molar-refractivity contribution in [3.63, 3.8) is 0 Å². The van der Waals surface area contributed by atoms with Crippen molar-refractivity contribution in [3.05, 3.63) is 83.6 Å². The fourth-order valence-electron chi connectivity index (χ4n) is 9.15. The van der Waals surface area contributed by atoms with E-state index >= 15 is 0 Å². The Bertz CT molecular complexity index is 2440. The lowest BCUT2D eigenvalue weighted by Gasteiger charge is -2.30. The van der Waals surface area contributed by atoms with E-state index in [2.05, 4.69) is 69.1 Å². The molecular weight excluding hydrogens is 761 g/mol. The van der Waals surface area contributed by atoms with Crippen molar-refractivity contribution >= 4 is 35.0 Å². The Labute approximate surface area is 349 Å². The third-order valence-electron chi connectivity index (χ3n) is 12.4. The van der Waals surface area contributed by atoms with Crippen LogP contribution in [0.3, 0.4) is 0 Å². The molecule has 2 saturated heterocycles. The van der Waals surface area contributed by atoms with Crippen molar-refractivity contribution in [1.82, 2.24) is 40.4 Å². The van der Waals surface area contributed by atoms with Crippen molar-refractivity contribution in [3.8, 4) is 33.5 Å². The summed E-state index contributed by atoms with van der Waals surface area (Å²) in [5.41, 5.74) is 11.0. The number of rotatable bonds is 10. The number of likely N-dealkylation sites (tertiary alicyclic amines) is 2. The summed E-state index contributed by atoms with van der Waals surface area (Å²) < 4.78 is 9.57. The summed E-state index contributed by atoms with van der Waals surface area (Å²) in [4.78, 5) is 71.7. The first-order chi connectivity index (χ1) is 28.9. The maximum absolute atomic E-state index is 13.7. The second kappa shape index (κ2) is 16.8. The van der Waals surface area contributed by atoms with Crippen LogP contribution in [0.4, 0.5) is 9.59 Å². The Morgan fingerprint density at radius 1 is 0.683 bits per heavy atom. The number of imidazole rings is 2. The number of alkyl carbamates (subject to hydrolysis) is 2. The van der Waals surface area contributed by atoms with E-state index in [9.17, 15) is 19.2 Å². The quantitative estimate of drug-likeness (QED) is 0.112. The van der Waals surface area contributed by atoms with Crippen molar-refractivity contribution in [1.29, 1.82) is 0 Å². The average Bonchev–Trinajstić information content (AvgIpc) is 4.09. The molecule has 4 N–H and O–H groups in total. The number of aromatic amines is 2. The maximum atomic E-state index is 13.7. The number of H-pyrrole nitrogens is 2. The van der Waals surface area contributed by atoms with E-state index in [1.54, 1.807) is 0 Å². The lowest BCUT2D eigenvalue weighted by Crippen LogP contribution is -2.51. The van der Waals surface area contributed by atoms with Crippen LogP contribution < -0.4 is 10.6 Å². The van der Waals surface area contributed by atoms with E-state index in [0.717, 1.165) is 83.6 Å². The topological polar surface area (TPSA) is 175 Å². The summed E-state index contributed by atoms with van der Waals surface area (Å²) in [6, 6.07) is 17.8. The van der Waals surface area contributed by atoms with Crippen LogP contribution in [-0.4, -0.2) is 93.1 Å². The molecule has 0 radical (unpaired) electrons. The van der Waals surface area contributed by atoms with E-state index in [0.29, 0.717) is 13.1 Å². The van der Waals surface area contributed by atoms with Crippen LogP contribution in [0.5, 0.6) is 0 Å². The van der Waals surface area contributed by atoms with Gasteiger partial charge in [0.1, 0.15) is 23.7 Å². The second-order valence-corrected chi connectivity index (χ2v) is 16.9. The number of nitrogens with one attached hydrogen (secondary N) is 4. The molecule has 2 aromatic heterocycles. The lowest BCUT2D eigenvalue weighted by molar-refractivity contribution is -0.136. The number of nitrogens with zero attached hydrogens (tertiary/aromatic N) is 4. The Balaban J connectivity index is 0.978. The van der Waals surface area contributed by atoms with Crippen LogP contribution in [0.15, 0.2) is 60.8 Å². The number of carbonyl (C=O) groups excluding carboxylic acids is 4. The van der Waals surface area contributed by atoms with Crippen LogP contribution in [0.25, 0.3) is 44.5 Å². The summed E-state index contributed by atoms with van der Waals surface area (Å²) in [7, 11) is 2.60. The smallest absolute Gasteiger partial charge is 0.407 e. The van der Waals surface area contributed by atoms with E-state index in [4.69, 9.17) is 19.4 Å². The molecule has 3 aromatic carbocycles. The predicted octanol–water partition coefficient (Wildman–Crippen LogP) is 7.47. The zero-order valence-electron chi connectivity index (χ0n) is 35.1. The van der Waals surface area contributed by atoms with Crippen molar-refractivity contribution < 1.29 is 28.7 Å². The molecule has 4 heterocycles. The molecule has 2 aliphatic heterocycles. The van der Waals surface area contributed by atoms with E-state index < -0.39 is 24.3 Å². The van der Waals surface area contributed by atoms with Gasteiger partial charge in [-0.15, -0.1) is 0 Å². The van der Waals surface area contributed by atoms with Crippen LogP contribution in [-0.2, 0) is 31.9 Å². The Hall–Kier alpha value is -6.18. The van der Waals surface area contributed by atoms with Gasteiger partial charge in [-0.3, -0.25) is 9.59 Å². The average molecular weight is 815 g/mol. The molecule has 14 heteroatoms. The highest BCUT2D eigenvalue weighted by atomic mass is 16.5. The van der Waals surface area contributed by atoms with Gasteiger partial charge in [0.05, 0.1) is 49.2 Å². The first-order valence-electron chi connectivity index (χ1n) is 21.1. The van der Waals surface area contributed by atoms with Gasteiger partial charge in [0.2, 0.25) is 11.8 Å². The van der Waals surface area contributed by atoms with Gasteiger partial charge in [-0.25, -0.2) is 19.6 Å². The number of amides is 4. The SMILES string of the molecule is COC(=O)N[C@H](C(=O)N1CCC[C@H]1c1ncc(-c2ccc3c(c2)CCc2cc(-c4ccc5nc([C@@H]6CCCN6C(=O)[C@@H](NC(=O)OC)C(C)C)[nH]c5c4)ccc2-3)[nH]1)C(C)C. The zero-order chi connectivity index (χ0) is 42.2. The minimum absolute atomic E-state index is 0.101. The van der Waals surface area contributed by atoms with E-state index in [1.165, 1.54) is 36.5 Å². The van der Waals surface area contributed by atoms with E-state index in [-0.39, 0.29) is 35.7 Å². The summed E-state index contributed by atoms with van der Waals surface area (Å²) in [6.07, 6.45) is 5.72. The monoisotopic (exact) mass is 814 g/mol. The fourth-order valence-corrected chi connectivity index (χ4v) is 9.15. The number of methoxy groups -OCH3 is 2. The van der Waals surface area contributed by atoms with Gasteiger partial charge in [0, 0.05) is 13.1 Å². The molecule has 0 saturated carbocycles.